The number of nitrogens with zero attached hydrogens (tertiary/aromatic N) is 1. The number of imidazole rings is 1. The zero-order valence-corrected chi connectivity index (χ0v) is 10.1. The Morgan fingerprint density at radius 2 is 1.87 bits per heavy atom. The fraction of sp³-hybridized carbons (Fsp3) is 0.769. The molecule has 0 aliphatic rings. The number of aromatic nitrogens is 2. The van der Waals surface area contributed by atoms with Crippen LogP contribution in [0.3, 0.4) is 0 Å². The van der Waals surface area contributed by atoms with Crippen LogP contribution >= 0.6 is 0 Å². The van der Waals surface area contributed by atoms with E-state index in [1.54, 1.807) is 0 Å². The summed E-state index contributed by atoms with van der Waals surface area (Å²) in [5, 5.41) is 0. The molecule has 0 saturated heterocycles. The largest absolute Gasteiger partial charge is 0.348 e. The summed E-state index contributed by atoms with van der Waals surface area (Å²) in [7, 11) is 0. The molecule has 0 saturated carbocycles. The molecule has 0 fully saturated rings. The van der Waals surface area contributed by atoms with Crippen molar-refractivity contribution in [2.45, 2.75) is 64.7 Å². The first-order valence-electron chi connectivity index (χ1n) is 6.37. The van der Waals surface area contributed by atoms with Crippen molar-refractivity contribution in [3.63, 3.8) is 0 Å². The lowest BCUT2D eigenvalue weighted by atomic mass is 9.95. The average Bonchev–Trinajstić information content (AvgIpc) is 2.76. The lowest BCUT2D eigenvalue weighted by Crippen LogP contribution is -2.01. The molecule has 0 aliphatic heterocycles. The van der Waals surface area contributed by atoms with E-state index in [1.807, 2.05) is 12.4 Å². The van der Waals surface area contributed by atoms with Crippen LogP contribution in [0, 0.1) is 0 Å². The van der Waals surface area contributed by atoms with Crippen molar-refractivity contribution in [3.05, 3.63) is 18.2 Å². The van der Waals surface area contributed by atoms with E-state index in [1.165, 1.54) is 50.8 Å². The highest BCUT2D eigenvalue weighted by atomic mass is 14.9. The van der Waals surface area contributed by atoms with E-state index in [4.69, 9.17) is 0 Å². The summed E-state index contributed by atoms with van der Waals surface area (Å²) in [6.45, 7) is 4.51. The van der Waals surface area contributed by atoms with Crippen LogP contribution in [0.5, 0.6) is 0 Å². The number of hydrogen-bond donors (Lipinski definition) is 1. The Labute approximate surface area is 93.5 Å². The number of hydrogen-bond acceptors (Lipinski definition) is 1. The number of nitrogens with one attached hydrogen (secondary N) is 1. The summed E-state index contributed by atoms with van der Waals surface area (Å²) in [6.07, 6.45) is 13.0. The molecule has 15 heavy (non-hydrogen) atoms. The van der Waals surface area contributed by atoms with Gasteiger partial charge in [0.1, 0.15) is 5.82 Å². The third-order valence-electron chi connectivity index (χ3n) is 2.97. The van der Waals surface area contributed by atoms with E-state index in [0.29, 0.717) is 5.92 Å². The molecule has 1 heterocycles. The molecule has 1 atom stereocenters. The molecule has 0 spiro atoms. The van der Waals surface area contributed by atoms with Gasteiger partial charge in [0.25, 0.3) is 0 Å². The van der Waals surface area contributed by atoms with E-state index >= 15 is 0 Å². The van der Waals surface area contributed by atoms with Gasteiger partial charge in [0.05, 0.1) is 0 Å². The smallest absolute Gasteiger partial charge is 0.109 e. The predicted molar refractivity (Wildman–Crippen MR) is 65.0 cm³/mol. The molecular weight excluding hydrogens is 184 g/mol. The maximum Gasteiger partial charge on any atom is 0.109 e. The number of aromatic amines is 1. The summed E-state index contributed by atoms with van der Waals surface area (Å²) < 4.78 is 0. The van der Waals surface area contributed by atoms with Gasteiger partial charge in [-0.05, 0) is 12.8 Å². The van der Waals surface area contributed by atoms with Gasteiger partial charge in [0.2, 0.25) is 0 Å². The molecule has 0 bridgehead atoms. The zero-order chi connectivity index (χ0) is 10.9. The van der Waals surface area contributed by atoms with E-state index < -0.39 is 0 Å². The highest BCUT2D eigenvalue weighted by Gasteiger charge is 2.12. The summed E-state index contributed by atoms with van der Waals surface area (Å²) in [5.41, 5.74) is 0. The van der Waals surface area contributed by atoms with Crippen LogP contribution in [-0.2, 0) is 0 Å². The van der Waals surface area contributed by atoms with Gasteiger partial charge < -0.3 is 4.98 Å². The maximum atomic E-state index is 4.39. The van der Waals surface area contributed by atoms with Crippen molar-refractivity contribution >= 4 is 0 Å². The maximum absolute atomic E-state index is 4.39. The molecule has 0 aromatic carbocycles. The average molecular weight is 208 g/mol. The fourth-order valence-corrected chi connectivity index (χ4v) is 2.01. The lowest BCUT2D eigenvalue weighted by molar-refractivity contribution is 0.498. The molecule has 1 N–H and O–H groups in total. The minimum Gasteiger partial charge on any atom is -0.348 e. The molecule has 1 unspecified atom stereocenters. The third-order valence-corrected chi connectivity index (χ3v) is 2.97. The third kappa shape index (κ3) is 4.50. The second-order valence-corrected chi connectivity index (χ2v) is 4.31. The van der Waals surface area contributed by atoms with Gasteiger partial charge in [-0.25, -0.2) is 4.98 Å². The number of unbranched alkanes of at least 4 members (excludes halogenated alkanes) is 3. The molecule has 1 rings (SSSR count). The van der Waals surface area contributed by atoms with Gasteiger partial charge in [-0.2, -0.15) is 0 Å². The minimum atomic E-state index is 0.659. The van der Waals surface area contributed by atoms with E-state index in [-0.39, 0.29) is 0 Å². The van der Waals surface area contributed by atoms with Crippen LogP contribution in [0.1, 0.15) is 70.5 Å². The first-order valence-corrected chi connectivity index (χ1v) is 6.37. The van der Waals surface area contributed by atoms with Gasteiger partial charge in [-0.3, -0.25) is 0 Å². The number of H-pyrrole nitrogens is 1. The van der Waals surface area contributed by atoms with Gasteiger partial charge >= 0.3 is 0 Å². The summed E-state index contributed by atoms with van der Waals surface area (Å²) >= 11 is 0. The van der Waals surface area contributed by atoms with Crippen LogP contribution in [0.25, 0.3) is 0 Å². The SMILES string of the molecule is CCCCCC(CCCC)c1ncc[nH]1. The topological polar surface area (TPSA) is 28.7 Å². The Morgan fingerprint density at radius 1 is 1.13 bits per heavy atom. The van der Waals surface area contributed by atoms with Crippen molar-refractivity contribution in [2.75, 3.05) is 0 Å². The van der Waals surface area contributed by atoms with Gasteiger partial charge in [0.15, 0.2) is 0 Å². The number of rotatable bonds is 8. The van der Waals surface area contributed by atoms with E-state index in [9.17, 15) is 0 Å². The molecule has 1 aromatic rings. The van der Waals surface area contributed by atoms with E-state index in [2.05, 4.69) is 23.8 Å². The van der Waals surface area contributed by atoms with Crippen LogP contribution in [0.15, 0.2) is 12.4 Å². The summed E-state index contributed by atoms with van der Waals surface area (Å²) in [4.78, 5) is 7.65. The molecule has 0 amide bonds. The predicted octanol–water partition coefficient (Wildman–Crippen LogP) is 4.26. The van der Waals surface area contributed by atoms with Crippen LogP contribution < -0.4 is 0 Å². The molecule has 0 radical (unpaired) electrons. The summed E-state index contributed by atoms with van der Waals surface area (Å²) in [5.74, 6) is 1.85. The van der Waals surface area contributed by atoms with Crippen molar-refractivity contribution in [1.29, 1.82) is 0 Å². The zero-order valence-electron chi connectivity index (χ0n) is 10.1. The Hall–Kier alpha value is -0.790. The quantitative estimate of drug-likeness (QED) is 0.635. The molecular formula is C13H24N2. The lowest BCUT2D eigenvalue weighted by Gasteiger charge is -2.13. The molecule has 86 valence electrons. The monoisotopic (exact) mass is 208 g/mol. The Morgan fingerprint density at radius 3 is 2.47 bits per heavy atom. The Balaban J connectivity index is 2.39. The van der Waals surface area contributed by atoms with Gasteiger partial charge in [0, 0.05) is 18.3 Å². The van der Waals surface area contributed by atoms with Gasteiger partial charge in [-0.15, -0.1) is 0 Å². The van der Waals surface area contributed by atoms with Crippen molar-refractivity contribution in [2.24, 2.45) is 0 Å². The first kappa shape index (κ1) is 12.3. The second kappa shape index (κ2) is 7.49. The Bertz CT molecular complexity index is 229. The van der Waals surface area contributed by atoms with Crippen LogP contribution in [0.4, 0.5) is 0 Å². The van der Waals surface area contributed by atoms with Crippen molar-refractivity contribution in [3.8, 4) is 0 Å². The summed E-state index contributed by atoms with van der Waals surface area (Å²) in [6, 6.07) is 0. The van der Waals surface area contributed by atoms with Gasteiger partial charge in [-0.1, -0.05) is 46.0 Å². The molecule has 2 nitrogen and oxygen atoms in total. The van der Waals surface area contributed by atoms with Crippen LogP contribution in [0.2, 0.25) is 0 Å². The first-order chi connectivity index (χ1) is 7.38. The normalized spacial score (nSPS) is 12.9. The Kier molecular flexibility index (Phi) is 6.14. The molecule has 0 aliphatic carbocycles. The van der Waals surface area contributed by atoms with Crippen molar-refractivity contribution < 1.29 is 0 Å². The second-order valence-electron chi connectivity index (χ2n) is 4.31. The van der Waals surface area contributed by atoms with Crippen LogP contribution in [-0.4, -0.2) is 9.97 Å². The standard InChI is InChI=1S/C13H24N2/c1-3-5-7-9-12(8-6-4-2)13-14-10-11-15-13/h10-12H,3-9H2,1-2H3,(H,14,15). The highest BCUT2D eigenvalue weighted by Crippen LogP contribution is 2.25. The van der Waals surface area contributed by atoms with E-state index in [0.717, 1.165) is 0 Å². The fourth-order valence-electron chi connectivity index (χ4n) is 2.01. The molecule has 1 aromatic heterocycles. The van der Waals surface area contributed by atoms with Crippen molar-refractivity contribution in [1.82, 2.24) is 9.97 Å². The molecule has 2 heteroatoms. The highest BCUT2D eigenvalue weighted by molar-refractivity contribution is 4.96. The minimum absolute atomic E-state index is 0.659.